The lowest BCUT2D eigenvalue weighted by Gasteiger charge is -2.12. The molecule has 1 aromatic rings. The lowest BCUT2D eigenvalue weighted by molar-refractivity contribution is -0.123. The van der Waals surface area contributed by atoms with E-state index in [9.17, 15) is 9.59 Å². The number of rotatable bonds is 8. The minimum atomic E-state index is -0.452. The topological polar surface area (TPSA) is 90.6 Å². The van der Waals surface area contributed by atoms with Crippen LogP contribution in [0.3, 0.4) is 0 Å². The van der Waals surface area contributed by atoms with E-state index in [1.807, 2.05) is 6.92 Å². The highest BCUT2D eigenvalue weighted by Gasteiger charge is 2.13. The number of carbonyl (C=O) groups is 2. The van der Waals surface area contributed by atoms with Crippen molar-refractivity contribution < 1.29 is 19.1 Å². The second-order valence-electron chi connectivity index (χ2n) is 5.20. The first kappa shape index (κ1) is 17.8. The molecule has 0 fully saturated rings. The highest BCUT2D eigenvalue weighted by molar-refractivity contribution is 5.90. The van der Waals surface area contributed by atoms with E-state index in [-0.39, 0.29) is 18.6 Å². The Hall–Kier alpha value is -2.24. The number of esters is 1. The molecule has 1 aromatic carbocycles. The summed E-state index contributed by atoms with van der Waals surface area (Å²) in [6, 6.07) is 4.61. The van der Waals surface area contributed by atoms with Gasteiger partial charge in [0.1, 0.15) is 5.75 Å². The van der Waals surface area contributed by atoms with Gasteiger partial charge in [-0.2, -0.15) is 0 Å². The second kappa shape index (κ2) is 8.92. The van der Waals surface area contributed by atoms with Crippen molar-refractivity contribution in [3.63, 3.8) is 0 Å². The van der Waals surface area contributed by atoms with Gasteiger partial charge in [0, 0.05) is 6.54 Å². The molecule has 0 atom stereocenters. The van der Waals surface area contributed by atoms with Crippen LogP contribution in [0.1, 0.15) is 44.0 Å². The predicted octanol–water partition coefficient (Wildman–Crippen LogP) is 2.13. The number of carbonyl (C=O) groups excluding carboxylic acids is 2. The number of unbranched alkanes of at least 4 members (excludes halogenated alkanes) is 1. The van der Waals surface area contributed by atoms with Gasteiger partial charge in [-0.25, -0.2) is 4.79 Å². The number of ether oxygens (including phenoxy) is 2. The van der Waals surface area contributed by atoms with Gasteiger partial charge in [0.15, 0.2) is 6.61 Å². The summed E-state index contributed by atoms with van der Waals surface area (Å²) in [5.41, 5.74) is 6.49. The Balaban J connectivity index is 2.62. The summed E-state index contributed by atoms with van der Waals surface area (Å²) in [7, 11) is 0. The number of nitrogen functional groups attached to an aromatic ring is 1. The van der Waals surface area contributed by atoms with Crippen molar-refractivity contribution in [3.8, 4) is 5.75 Å². The summed E-state index contributed by atoms with van der Waals surface area (Å²) in [6.07, 6.45) is 1.72. The molecular formula is C16H24N2O4. The van der Waals surface area contributed by atoms with Crippen molar-refractivity contribution in [3.05, 3.63) is 23.8 Å². The van der Waals surface area contributed by atoms with E-state index in [0.29, 0.717) is 23.5 Å². The Kier molecular flexibility index (Phi) is 7.22. The van der Waals surface area contributed by atoms with Gasteiger partial charge in [0.05, 0.1) is 17.4 Å². The number of benzene rings is 1. The first-order valence-corrected chi connectivity index (χ1v) is 7.44. The van der Waals surface area contributed by atoms with Crippen molar-refractivity contribution in [2.24, 2.45) is 0 Å². The molecule has 0 saturated carbocycles. The van der Waals surface area contributed by atoms with Crippen LogP contribution in [0.15, 0.2) is 18.2 Å². The van der Waals surface area contributed by atoms with Gasteiger partial charge in [-0.1, -0.05) is 13.3 Å². The molecule has 0 saturated heterocycles. The Morgan fingerprint density at radius 3 is 2.68 bits per heavy atom. The highest BCUT2D eigenvalue weighted by Crippen LogP contribution is 2.23. The van der Waals surface area contributed by atoms with E-state index < -0.39 is 5.97 Å². The summed E-state index contributed by atoms with van der Waals surface area (Å²) in [6.45, 7) is 6.07. The van der Waals surface area contributed by atoms with Gasteiger partial charge in [-0.3, -0.25) is 4.79 Å². The average Bonchev–Trinajstić information content (AvgIpc) is 2.46. The fourth-order valence-electron chi connectivity index (χ4n) is 1.67. The molecule has 0 radical (unpaired) electrons. The fraction of sp³-hybridized carbons (Fsp3) is 0.500. The normalized spacial score (nSPS) is 10.4. The third-order valence-corrected chi connectivity index (χ3v) is 2.80. The maximum atomic E-state index is 11.8. The molecule has 0 aliphatic carbocycles. The third kappa shape index (κ3) is 6.03. The zero-order chi connectivity index (χ0) is 16.5. The SMILES string of the molecule is CCCCNC(=O)COc1cc(C(=O)OC(C)C)ccc1N. The lowest BCUT2D eigenvalue weighted by Crippen LogP contribution is -2.29. The van der Waals surface area contributed by atoms with Crippen molar-refractivity contribution >= 4 is 17.6 Å². The van der Waals surface area contributed by atoms with Crippen LogP contribution in [0.25, 0.3) is 0 Å². The molecule has 6 nitrogen and oxygen atoms in total. The van der Waals surface area contributed by atoms with Crippen LogP contribution in [-0.2, 0) is 9.53 Å². The summed E-state index contributed by atoms with van der Waals surface area (Å²) >= 11 is 0. The van der Waals surface area contributed by atoms with E-state index >= 15 is 0 Å². The van der Waals surface area contributed by atoms with Crippen molar-refractivity contribution in [2.45, 2.75) is 39.7 Å². The molecule has 6 heteroatoms. The smallest absolute Gasteiger partial charge is 0.338 e. The molecule has 22 heavy (non-hydrogen) atoms. The predicted molar refractivity (Wildman–Crippen MR) is 84.8 cm³/mol. The third-order valence-electron chi connectivity index (χ3n) is 2.80. The molecular weight excluding hydrogens is 284 g/mol. The number of hydrogen-bond donors (Lipinski definition) is 2. The van der Waals surface area contributed by atoms with Crippen LogP contribution in [0, 0.1) is 0 Å². The zero-order valence-corrected chi connectivity index (χ0v) is 13.3. The lowest BCUT2D eigenvalue weighted by atomic mass is 10.2. The van der Waals surface area contributed by atoms with Crippen LogP contribution in [0.2, 0.25) is 0 Å². The van der Waals surface area contributed by atoms with Gasteiger partial charge in [-0.15, -0.1) is 0 Å². The van der Waals surface area contributed by atoms with Crippen molar-refractivity contribution in [1.29, 1.82) is 0 Å². The number of nitrogens with one attached hydrogen (secondary N) is 1. The maximum absolute atomic E-state index is 11.8. The van der Waals surface area contributed by atoms with Gasteiger partial charge in [0.25, 0.3) is 5.91 Å². The Morgan fingerprint density at radius 1 is 1.32 bits per heavy atom. The molecule has 0 bridgehead atoms. The molecule has 0 aliphatic rings. The van der Waals surface area contributed by atoms with Crippen molar-refractivity contribution in [1.82, 2.24) is 5.32 Å². The monoisotopic (exact) mass is 308 g/mol. The van der Waals surface area contributed by atoms with Crippen LogP contribution < -0.4 is 15.8 Å². The van der Waals surface area contributed by atoms with E-state index in [2.05, 4.69) is 5.32 Å². The van der Waals surface area contributed by atoms with Gasteiger partial charge < -0.3 is 20.5 Å². The quantitative estimate of drug-likeness (QED) is 0.436. The minimum absolute atomic E-state index is 0.142. The summed E-state index contributed by atoms with van der Waals surface area (Å²) in [5.74, 6) is -0.376. The molecule has 1 rings (SSSR count). The summed E-state index contributed by atoms with van der Waals surface area (Å²) < 4.78 is 10.5. The van der Waals surface area contributed by atoms with E-state index in [0.717, 1.165) is 12.8 Å². The highest BCUT2D eigenvalue weighted by atomic mass is 16.5. The molecule has 0 aliphatic heterocycles. The Labute approximate surface area is 131 Å². The molecule has 0 heterocycles. The maximum Gasteiger partial charge on any atom is 0.338 e. The second-order valence-corrected chi connectivity index (χ2v) is 5.20. The van der Waals surface area contributed by atoms with E-state index in [4.69, 9.17) is 15.2 Å². The standard InChI is InChI=1S/C16H24N2O4/c1-4-5-8-18-15(19)10-21-14-9-12(6-7-13(14)17)16(20)22-11(2)3/h6-7,9,11H,4-5,8,10,17H2,1-3H3,(H,18,19). The summed E-state index contributed by atoms with van der Waals surface area (Å²) in [5, 5.41) is 2.74. The van der Waals surface area contributed by atoms with Crippen LogP contribution in [-0.4, -0.2) is 31.1 Å². The molecule has 0 spiro atoms. The molecule has 3 N–H and O–H groups in total. The fourth-order valence-corrected chi connectivity index (χ4v) is 1.67. The van der Waals surface area contributed by atoms with Gasteiger partial charge in [0.2, 0.25) is 0 Å². The van der Waals surface area contributed by atoms with Gasteiger partial charge in [-0.05, 0) is 38.5 Å². The molecule has 0 unspecified atom stereocenters. The number of hydrogen-bond acceptors (Lipinski definition) is 5. The van der Waals surface area contributed by atoms with E-state index in [1.165, 1.54) is 6.07 Å². The number of amides is 1. The zero-order valence-electron chi connectivity index (χ0n) is 13.3. The first-order valence-electron chi connectivity index (χ1n) is 7.44. The Bertz CT molecular complexity index is 515. The van der Waals surface area contributed by atoms with Crippen LogP contribution in [0.5, 0.6) is 5.75 Å². The molecule has 122 valence electrons. The van der Waals surface area contributed by atoms with Crippen LogP contribution in [0.4, 0.5) is 5.69 Å². The first-order chi connectivity index (χ1) is 10.4. The largest absolute Gasteiger partial charge is 0.482 e. The average molecular weight is 308 g/mol. The van der Waals surface area contributed by atoms with Crippen molar-refractivity contribution in [2.75, 3.05) is 18.9 Å². The minimum Gasteiger partial charge on any atom is -0.482 e. The van der Waals surface area contributed by atoms with Crippen LogP contribution >= 0.6 is 0 Å². The summed E-state index contributed by atoms with van der Waals surface area (Å²) in [4.78, 5) is 23.4. The van der Waals surface area contributed by atoms with Gasteiger partial charge >= 0.3 is 5.97 Å². The Morgan fingerprint density at radius 2 is 2.05 bits per heavy atom. The van der Waals surface area contributed by atoms with E-state index in [1.54, 1.807) is 26.0 Å². The number of nitrogens with two attached hydrogens (primary N) is 1. The molecule has 0 aromatic heterocycles. The number of anilines is 1. The molecule has 1 amide bonds.